The summed E-state index contributed by atoms with van der Waals surface area (Å²) in [6.07, 6.45) is 1.68. The van der Waals surface area contributed by atoms with Crippen LogP contribution in [0.1, 0.15) is 16.5 Å². The van der Waals surface area contributed by atoms with Crippen molar-refractivity contribution in [3.8, 4) is 17.4 Å². The maximum absolute atomic E-state index is 9.32. The number of nitrogens with zero attached hydrogens (tertiary/aromatic N) is 2. The van der Waals surface area contributed by atoms with Gasteiger partial charge in [0, 0.05) is 22.7 Å². The summed E-state index contributed by atoms with van der Waals surface area (Å²) in [7, 11) is 0. The Morgan fingerprint density at radius 2 is 2.09 bits per heavy atom. The van der Waals surface area contributed by atoms with E-state index < -0.39 is 0 Å². The molecule has 0 radical (unpaired) electrons. The average Bonchev–Trinajstić information content (AvgIpc) is 3.17. The molecule has 0 saturated carbocycles. The average molecular weight is 361 g/mol. The van der Waals surface area contributed by atoms with Crippen LogP contribution in [0.3, 0.4) is 0 Å². The zero-order valence-corrected chi connectivity index (χ0v) is 14.3. The quantitative estimate of drug-likeness (QED) is 0.531. The highest BCUT2D eigenvalue weighted by Gasteiger charge is 2.09. The second-order valence-electron chi connectivity index (χ2n) is 4.79. The number of benzene rings is 1. The summed E-state index contributed by atoms with van der Waals surface area (Å²) in [5.74, 6) is 1.23. The Morgan fingerprint density at radius 3 is 2.74 bits per heavy atom. The summed E-state index contributed by atoms with van der Waals surface area (Å²) >= 11 is 13.4. The minimum Gasteiger partial charge on any atom is -0.457 e. The van der Waals surface area contributed by atoms with Gasteiger partial charge in [0.05, 0.1) is 15.6 Å². The number of aryl methyl sites for hydroxylation is 1. The van der Waals surface area contributed by atoms with Gasteiger partial charge in [0.2, 0.25) is 0 Å². The number of aromatic nitrogens is 1. The number of halogens is 2. The van der Waals surface area contributed by atoms with Crippen molar-refractivity contribution in [3.63, 3.8) is 0 Å². The van der Waals surface area contributed by atoms with Crippen LogP contribution in [0.25, 0.3) is 23.0 Å². The first-order valence-corrected chi connectivity index (χ1v) is 8.30. The first-order valence-electron chi connectivity index (χ1n) is 6.66. The van der Waals surface area contributed by atoms with Crippen molar-refractivity contribution in [2.24, 2.45) is 0 Å². The van der Waals surface area contributed by atoms with Gasteiger partial charge in [-0.05, 0) is 37.3 Å². The fourth-order valence-corrected chi connectivity index (χ4v) is 3.06. The van der Waals surface area contributed by atoms with E-state index in [4.69, 9.17) is 27.6 Å². The highest BCUT2D eigenvalue weighted by atomic mass is 35.5. The van der Waals surface area contributed by atoms with Crippen molar-refractivity contribution in [2.45, 2.75) is 6.92 Å². The van der Waals surface area contributed by atoms with E-state index in [1.165, 1.54) is 11.3 Å². The lowest BCUT2D eigenvalue weighted by molar-refractivity contribution is 0.572. The zero-order chi connectivity index (χ0) is 16.4. The van der Waals surface area contributed by atoms with Crippen molar-refractivity contribution in [1.29, 1.82) is 5.26 Å². The second-order valence-corrected chi connectivity index (χ2v) is 6.47. The van der Waals surface area contributed by atoms with Gasteiger partial charge in [-0.3, -0.25) is 0 Å². The highest BCUT2D eigenvalue weighted by Crippen LogP contribution is 2.30. The Hall–Kier alpha value is -2.06. The molecule has 114 valence electrons. The van der Waals surface area contributed by atoms with Gasteiger partial charge >= 0.3 is 0 Å². The van der Waals surface area contributed by atoms with Gasteiger partial charge in [0.1, 0.15) is 22.6 Å². The van der Waals surface area contributed by atoms with Gasteiger partial charge in [0.15, 0.2) is 0 Å². The summed E-state index contributed by atoms with van der Waals surface area (Å²) in [6, 6.07) is 11.1. The summed E-state index contributed by atoms with van der Waals surface area (Å²) in [4.78, 5) is 4.32. The molecule has 0 saturated heterocycles. The summed E-state index contributed by atoms with van der Waals surface area (Å²) in [6.45, 7) is 1.89. The molecule has 0 spiro atoms. The van der Waals surface area contributed by atoms with E-state index in [2.05, 4.69) is 11.1 Å². The van der Waals surface area contributed by atoms with Crippen LogP contribution in [-0.4, -0.2) is 4.98 Å². The van der Waals surface area contributed by atoms with Crippen LogP contribution < -0.4 is 0 Å². The number of hydrogen-bond donors (Lipinski definition) is 0. The lowest BCUT2D eigenvalue weighted by atomic mass is 10.2. The lowest BCUT2D eigenvalue weighted by Crippen LogP contribution is -1.80. The molecule has 0 aliphatic carbocycles. The normalized spacial score (nSPS) is 11.5. The second kappa shape index (κ2) is 6.59. The number of allylic oxidation sites excluding steroid dienone is 1. The minimum absolute atomic E-state index is 0.466. The molecule has 6 heteroatoms. The van der Waals surface area contributed by atoms with Gasteiger partial charge in [-0.15, -0.1) is 11.3 Å². The molecule has 2 aromatic heterocycles. The fraction of sp³-hybridized carbons (Fsp3) is 0.0588. The summed E-state index contributed by atoms with van der Waals surface area (Å²) < 4.78 is 5.77. The Bertz CT molecular complexity index is 934. The lowest BCUT2D eigenvalue weighted by Gasteiger charge is -1.99. The molecule has 0 aliphatic heterocycles. The standard InChI is InChI=1S/C17H10Cl2N2OS/c1-10-9-23-17(21-10)12(8-20)6-13-3-5-16(22-13)11-2-4-14(18)15(19)7-11/h2-7,9H,1H3/b12-6+. The molecule has 23 heavy (non-hydrogen) atoms. The Kier molecular flexibility index (Phi) is 4.53. The van der Waals surface area contributed by atoms with Crippen LogP contribution in [0.5, 0.6) is 0 Å². The first kappa shape index (κ1) is 15.8. The maximum Gasteiger partial charge on any atom is 0.134 e. The van der Waals surface area contributed by atoms with Crippen molar-refractivity contribution < 1.29 is 4.42 Å². The highest BCUT2D eigenvalue weighted by molar-refractivity contribution is 7.11. The van der Waals surface area contributed by atoms with Crippen LogP contribution in [0.4, 0.5) is 0 Å². The zero-order valence-electron chi connectivity index (χ0n) is 12.0. The molecule has 0 atom stereocenters. The van der Waals surface area contributed by atoms with Crippen LogP contribution in [-0.2, 0) is 0 Å². The molecule has 0 aliphatic rings. The first-order chi connectivity index (χ1) is 11.1. The Balaban J connectivity index is 1.93. The van der Waals surface area contributed by atoms with E-state index in [1.54, 1.807) is 24.3 Å². The third kappa shape index (κ3) is 3.48. The topological polar surface area (TPSA) is 49.8 Å². The predicted molar refractivity (Wildman–Crippen MR) is 94.5 cm³/mol. The Labute approximate surface area is 147 Å². The van der Waals surface area contributed by atoms with Crippen LogP contribution in [0, 0.1) is 18.3 Å². The SMILES string of the molecule is Cc1csc(/C(C#N)=C/c2ccc(-c3ccc(Cl)c(Cl)c3)o2)n1. The molecule has 3 aromatic rings. The van der Waals surface area contributed by atoms with Gasteiger partial charge in [-0.25, -0.2) is 4.98 Å². The van der Waals surface area contributed by atoms with Crippen molar-refractivity contribution in [1.82, 2.24) is 4.98 Å². The molecular formula is C17H10Cl2N2OS. The smallest absolute Gasteiger partial charge is 0.134 e. The molecule has 0 fully saturated rings. The third-order valence-corrected chi connectivity index (χ3v) is 4.82. The summed E-state index contributed by atoms with van der Waals surface area (Å²) in [5.41, 5.74) is 2.18. The molecule has 0 unspecified atom stereocenters. The number of hydrogen-bond acceptors (Lipinski definition) is 4. The van der Waals surface area contributed by atoms with E-state index in [-0.39, 0.29) is 0 Å². The number of furan rings is 1. The molecule has 2 heterocycles. The fourth-order valence-electron chi connectivity index (χ4n) is 2.00. The molecule has 3 rings (SSSR count). The monoisotopic (exact) mass is 360 g/mol. The van der Waals surface area contributed by atoms with E-state index >= 15 is 0 Å². The van der Waals surface area contributed by atoms with E-state index in [9.17, 15) is 5.26 Å². The van der Waals surface area contributed by atoms with E-state index in [0.717, 1.165) is 11.3 Å². The van der Waals surface area contributed by atoms with Crippen molar-refractivity contribution >= 4 is 46.2 Å². The third-order valence-electron chi connectivity index (χ3n) is 3.09. The van der Waals surface area contributed by atoms with Crippen LogP contribution in [0.2, 0.25) is 10.0 Å². The van der Waals surface area contributed by atoms with Gasteiger partial charge < -0.3 is 4.42 Å². The molecule has 0 bridgehead atoms. The van der Waals surface area contributed by atoms with E-state index in [0.29, 0.717) is 32.1 Å². The van der Waals surface area contributed by atoms with E-state index in [1.807, 2.05) is 24.4 Å². The van der Waals surface area contributed by atoms with Gasteiger partial charge in [-0.1, -0.05) is 23.2 Å². The van der Waals surface area contributed by atoms with Crippen LogP contribution >= 0.6 is 34.5 Å². The number of nitriles is 1. The Morgan fingerprint density at radius 1 is 1.26 bits per heavy atom. The van der Waals surface area contributed by atoms with Crippen LogP contribution in [0.15, 0.2) is 40.1 Å². The molecule has 0 N–H and O–H groups in total. The maximum atomic E-state index is 9.32. The summed E-state index contributed by atoms with van der Waals surface area (Å²) in [5, 5.41) is 12.9. The van der Waals surface area contributed by atoms with Crippen molar-refractivity contribution in [2.75, 3.05) is 0 Å². The molecular weight excluding hydrogens is 351 g/mol. The van der Waals surface area contributed by atoms with Crippen molar-refractivity contribution in [3.05, 3.63) is 62.2 Å². The minimum atomic E-state index is 0.466. The molecule has 1 aromatic carbocycles. The predicted octanol–water partition coefficient (Wildman–Crippen LogP) is 6.08. The molecule has 0 amide bonds. The van der Waals surface area contributed by atoms with Gasteiger partial charge in [0.25, 0.3) is 0 Å². The van der Waals surface area contributed by atoms with Gasteiger partial charge in [-0.2, -0.15) is 5.26 Å². The number of thiazole rings is 1. The molecule has 3 nitrogen and oxygen atoms in total. The largest absolute Gasteiger partial charge is 0.457 e. The number of rotatable bonds is 3.